The molecule has 6 heteroatoms. The molecule has 0 saturated heterocycles. The van der Waals surface area contributed by atoms with E-state index in [4.69, 9.17) is 16.3 Å². The number of halogens is 1. The minimum atomic E-state index is -0.138. The minimum absolute atomic E-state index is 0.00483. The lowest BCUT2D eigenvalue weighted by Crippen LogP contribution is -2.28. The number of Topliss-reactive ketones (excluding diaryl/α,β-unsaturated/α-hetero) is 1. The van der Waals surface area contributed by atoms with Crippen molar-refractivity contribution >= 4 is 52.7 Å². The summed E-state index contributed by atoms with van der Waals surface area (Å²) in [5, 5.41) is 0.550. The molecule has 110 valence electrons. The van der Waals surface area contributed by atoms with Gasteiger partial charge in [0.15, 0.2) is 5.78 Å². The number of carbonyl (C=O) groups is 1. The van der Waals surface area contributed by atoms with E-state index >= 15 is 0 Å². The second-order valence-corrected chi connectivity index (χ2v) is 8.16. The normalized spacial score (nSPS) is 16.4. The Kier molecular flexibility index (Phi) is 5.27. The number of rotatable bonds is 4. The number of carbonyl (C=O) groups excluding carboxylic acids is 1. The number of hydrogen-bond donors (Lipinski definition) is 0. The third kappa shape index (κ3) is 2.58. The Bertz CT molecular complexity index is 542. The molecule has 0 aliphatic carbocycles. The van der Waals surface area contributed by atoms with Gasteiger partial charge in [0.05, 0.1) is 20.6 Å². The molecule has 2 nitrogen and oxygen atoms in total. The molecule has 0 saturated carbocycles. The zero-order chi connectivity index (χ0) is 14.9. The fourth-order valence-corrected chi connectivity index (χ4v) is 5.58. The molecule has 0 atom stereocenters. The molecule has 0 N–H and O–H groups in total. The van der Waals surface area contributed by atoms with Crippen molar-refractivity contribution < 1.29 is 9.53 Å². The van der Waals surface area contributed by atoms with Crippen LogP contribution in [0.25, 0.3) is 0 Å². The molecule has 0 fully saturated rings. The largest absolute Gasteiger partial charge is 0.492 e. The second kappa shape index (κ2) is 6.42. The zero-order valence-corrected chi connectivity index (χ0v) is 15.1. The first-order chi connectivity index (χ1) is 9.50. The van der Waals surface area contributed by atoms with E-state index in [1.165, 1.54) is 0 Å². The topological polar surface area (TPSA) is 26.3 Å². The van der Waals surface area contributed by atoms with E-state index < -0.39 is 0 Å². The van der Waals surface area contributed by atoms with Crippen LogP contribution < -0.4 is 4.74 Å². The fraction of sp³-hybridized carbons (Fsp3) is 0.500. The minimum Gasteiger partial charge on any atom is -0.492 e. The third-order valence-electron chi connectivity index (χ3n) is 3.50. The smallest absolute Gasteiger partial charge is 0.161 e. The molecule has 1 heterocycles. The molecule has 0 amide bonds. The van der Waals surface area contributed by atoms with Crippen LogP contribution in [0.4, 0.5) is 0 Å². The maximum absolute atomic E-state index is 11.9. The summed E-state index contributed by atoms with van der Waals surface area (Å²) < 4.78 is 5.74. The molecule has 1 aliphatic rings. The van der Waals surface area contributed by atoms with E-state index in [1.807, 2.05) is 12.3 Å². The molecule has 20 heavy (non-hydrogen) atoms. The second-order valence-electron chi connectivity index (χ2n) is 4.46. The van der Waals surface area contributed by atoms with Gasteiger partial charge in [-0.05, 0) is 31.8 Å². The van der Waals surface area contributed by atoms with Crippen LogP contribution in [-0.4, -0.2) is 31.2 Å². The van der Waals surface area contributed by atoms with Gasteiger partial charge in [0.1, 0.15) is 5.75 Å². The van der Waals surface area contributed by atoms with Crippen LogP contribution in [-0.2, 0) is 4.08 Å². The van der Waals surface area contributed by atoms with Crippen molar-refractivity contribution in [2.24, 2.45) is 0 Å². The molecule has 0 spiro atoms. The van der Waals surface area contributed by atoms with E-state index in [9.17, 15) is 4.79 Å². The number of fused-ring (bicyclic) bond motifs is 1. The van der Waals surface area contributed by atoms with E-state index in [1.54, 1.807) is 42.2 Å². The van der Waals surface area contributed by atoms with E-state index in [0.717, 1.165) is 22.6 Å². The van der Waals surface area contributed by atoms with Crippen molar-refractivity contribution in [3.8, 4) is 5.75 Å². The first kappa shape index (κ1) is 16.4. The highest BCUT2D eigenvalue weighted by atomic mass is 35.5. The van der Waals surface area contributed by atoms with Gasteiger partial charge >= 0.3 is 0 Å². The average molecular weight is 349 g/mol. The highest BCUT2D eigenvalue weighted by molar-refractivity contribution is 8.16. The summed E-state index contributed by atoms with van der Waals surface area (Å²) in [7, 11) is 0. The first-order valence-electron chi connectivity index (χ1n) is 6.15. The van der Waals surface area contributed by atoms with Gasteiger partial charge in [0.2, 0.25) is 0 Å². The molecule has 0 bridgehead atoms. The lowest BCUT2D eigenvalue weighted by molar-refractivity contribution is 0.101. The lowest BCUT2D eigenvalue weighted by Gasteiger charge is -2.38. The standard InChI is InChI=1S/C14H17ClO2S3/c1-8(16)9-7-10(18-2)13-11(12(9)15)14(19-3,20-4)5-6-17-13/h7H,5-6H2,1-4H3. The number of thioether (sulfide) groups is 3. The van der Waals surface area contributed by atoms with Crippen LogP contribution in [0.3, 0.4) is 0 Å². The number of ketones is 1. The summed E-state index contributed by atoms with van der Waals surface area (Å²) in [6.07, 6.45) is 7.05. The summed E-state index contributed by atoms with van der Waals surface area (Å²) in [5.74, 6) is 0.845. The van der Waals surface area contributed by atoms with Crippen LogP contribution in [0.15, 0.2) is 11.0 Å². The maximum atomic E-state index is 11.9. The van der Waals surface area contributed by atoms with Gasteiger partial charge in [-0.1, -0.05) is 11.6 Å². The van der Waals surface area contributed by atoms with Gasteiger partial charge in [-0.15, -0.1) is 35.3 Å². The summed E-state index contributed by atoms with van der Waals surface area (Å²) >= 11 is 11.7. The summed E-state index contributed by atoms with van der Waals surface area (Å²) in [5.41, 5.74) is 1.57. The highest BCUT2D eigenvalue weighted by Crippen LogP contribution is 2.57. The molecular weight excluding hydrogens is 332 g/mol. The van der Waals surface area contributed by atoms with Gasteiger partial charge < -0.3 is 4.74 Å². The van der Waals surface area contributed by atoms with Crippen molar-refractivity contribution in [1.29, 1.82) is 0 Å². The van der Waals surface area contributed by atoms with Crippen molar-refractivity contribution in [2.45, 2.75) is 22.3 Å². The molecule has 0 radical (unpaired) electrons. The van der Waals surface area contributed by atoms with Gasteiger partial charge in [0, 0.05) is 17.5 Å². The van der Waals surface area contributed by atoms with Crippen molar-refractivity contribution in [3.05, 3.63) is 22.2 Å². The summed E-state index contributed by atoms with van der Waals surface area (Å²) in [6, 6.07) is 1.85. The Morgan fingerprint density at radius 3 is 2.50 bits per heavy atom. The van der Waals surface area contributed by atoms with Crippen LogP contribution in [0.1, 0.15) is 29.3 Å². The average Bonchev–Trinajstić information content (AvgIpc) is 2.46. The summed E-state index contributed by atoms with van der Waals surface area (Å²) in [6.45, 7) is 2.24. The van der Waals surface area contributed by atoms with Gasteiger partial charge in [0.25, 0.3) is 0 Å². The van der Waals surface area contributed by atoms with Crippen LogP contribution in [0, 0.1) is 0 Å². The predicted molar refractivity (Wildman–Crippen MR) is 92.1 cm³/mol. The van der Waals surface area contributed by atoms with Gasteiger partial charge in [-0.2, -0.15) is 0 Å². The lowest BCUT2D eigenvalue weighted by atomic mass is 10.00. The third-order valence-corrected chi connectivity index (χ3v) is 7.77. The Hall–Kier alpha value is 0.0300. The SMILES string of the molecule is CSc1cc(C(C)=O)c(Cl)c2c1OCCC2(SC)SC. The van der Waals surface area contributed by atoms with Gasteiger partial charge in [-0.25, -0.2) is 0 Å². The molecule has 0 unspecified atom stereocenters. The van der Waals surface area contributed by atoms with E-state index in [0.29, 0.717) is 17.2 Å². The zero-order valence-electron chi connectivity index (χ0n) is 11.9. The fourth-order valence-electron chi connectivity index (χ4n) is 2.41. The Morgan fingerprint density at radius 2 is 2.00 bits per heavy atom. The van der Waals surface area contributed by atoms with Crippen LogP contribution >= 0.6 is 46.9 Å². The molecule has 1 aliphatic heterocycles. The highest BCUT2D eigenvalue weighted by Gasteiger charge is 2.41. The Labute approximate surface area is 137 Å². The molecule has 1 aromatic rings. The monoisotopic (exact) mass is 348 g/mol. The number of benzene rings is 1. The maximum Gasteiger partial charge on any atom is 0.161 e. The van der Waals surface area contributed by atoms with Crippen molar-refractivity contribution in [2.75, 3.05) is 25.4 Å². The van der Waals surface area contributed by atoms with Gasteiger partial charge in [-0.3, -0.25) is 4.79 Å². The summed E-state index contributed by atoms with van der Waals surface area (Å²) in [4.78, 5) is 12.8. The molecule has 0 aromatic heterocycles. The Morgan fingerprint density at radius 1 is 1.35 bits per heavy atom. The molecule has 2 rings (SSSR count). The van der Waals surface area contributed by atoms with Crippen molar-refractivity contribution in [1.82, 2.24) is 0 Å². The quantitative estimate of drug-likeness (QED) is 0.437. The van der Waals surface area contributed by atoms with Crippen LogP contribution in [0.2, 0.25) is 5.02 Å². The molecular formula is C14H17ClO2S3. The van der Waals surface area contributed by atoms with E-state index in [2.05, 4.69) is 12.5 Å². The number of hydrogen-bond acceptors (Lipinski definition) is 5. The Balaban J connectivity index is 2.79. The number of ether oxygens (including phenoxy) is 1. The van der Waals surface area contributed by atoms with Crippen molar-refractivity contribution in [3.63, 3.8) is 0 Å². The van der Waals surface area contributed by atoms with Crippen LogP contribution in [0.5, 0.6) is 5.75 Å². The van der Waals surface area contributed by atoms with E-state index in [-0.39, 0.29) is 9.86 Å². The predicted octanol–water partition coefficient (Wildman–Crippen LogP) is 4.93. The first-order valence-corrected chi connectivity index (χ1v) is 10.2. The molecule has 1 aromatic carbocycles.